The number of hydrogen-bond donors (Lipinski definition) is 2. The van der Waals surface area contributed by atoms with Crippen molar-refractivity contribution in [3.05, 3.63) is 30.1 Å². The number of carbonyl (C=O) groups excluding carboxylic acids is 1. The number of rotatable bonds is 4. The first-order valence-electron chi connectivity index (χ1n) is 5.37. The number of hydrogen-bond acceptors (Lipinski definition) is 3. The number of aliphatic hydroxyl groups excluding tert-OH is 1. The molecule has 1 aromatic heterocycles. The van der Waals surface area contributed by atoms with Crippen LogP contribution in [0.5, 0.6) is 0 Å². The zero-order valence-electron chi connectivity index (χ0n) is 8.97. The van der Waals surface area contributed by atoms with E-state index in [2.05, 4.69) is 10.3 Å². The molecule has 0 saturated carbocycles. The molecule has 16 heavy (non-hydrogen) atoms. The summed E-state index contributed by atoms with van der Waals surface area (Å²) < 4.78 is 0. The fraction of sp³-hybridized carbons (Fsp3) is 0.455. The van der Waals surface area contributed by atoms with Gasteiger partial charge in [0.15, 0.2) is 0 Å². The number of aliphatic hydroxyl groups is 1. The normalized spacial score (nSPS) is 19.9. The van der Waals surface area contributed by atoms with Crippen LogP contribution in [-0.2, 0) is 0 Å². The SMILES string of the molecule is O=C1NC(c2cccnc2)CN1CCCO. The van der Waals surface area contributed by atoms with Crippen LogP contribution in [0.3, 0.4) is 0 Å². The minimum atomic E-state index is -0.0673. The molecule has 5 nitrogen and oxygen atoms in total. The maximum atomic E-state index is 11.6. The highest BCUT2D eigenvalue weighted by Gasteiger charge is 2.28. The van der Waals surface area contributed by atoms with Crippen molar-refractivity contribution >= 4 is 6.03 Å². The summed E-state index contributed by atoms with van der Waals surface area (Å²) in [5.74, 6) is 0. The predicted molar refractivity (Wildman–Crippen MR) is 58.8 cm³/mol. The lowest BCUT2D eigenvalue weighted by Gasteiger charge is -2.13. The Labute approximate surface area is 94.1 Å². The van der Waals surface area contributed by atoms with Gasteiger partial charge < -0.3 is 15.3 Å². The molecule has 1 aromatic rings. The third kappa shape index (κ3) is 2.30. The summed E-state index contributed by atoms with van der Waals surface area (Å²) in [6.07, 6.45) is 4.09. The minimum Gasteiger partial charge on any atom is -0.396 e. The lowest BCUT2D eigenvalue weighted by atomic mass is 10.1. The van der Waals surface area contributed by atoms with Crippen molar-refractivity contribution in [1.29, 1.82) is 0 Å². The zero-order valence-corrected chi connectivity index (χ0v) is 8.97. The fourth-order valence-electron chi connectivity index (χ4n) is 1.81. The van der Waals surface area contributed by atoms with E-state index in [-0.39, 0.29) is 18.7 Å². The Kier molecular flexibility index (Phi) is 3.36. The largest absolute Gasteiger partial charge is 0.396 e. The first kappa shape index (κ1) is 10.9. The second-order valence-corrected chi connectivity index (χ2v) is 3.81. The number of pyridine rings is 1. The first-order chi connectivity index (χ1) is 7.81. The fourth-order valence-corrected chi connectivity index (χ4v) is 1.81. The molecular formula is C11H15N3O2. The molecule has 0 aromatic carbocycles. The van der Waals surface area contributed by atoms with Gasteiger partial charge in [-0.05, 0) is 18.1 Å². The van der Waals surface area contributed by atoms with Gasteiger partial charge in [0.25, 0.3) is 0 Å². The predicted octanol–water partition coefficient (Wildman–Crippen LogP) is 0.530. The Balaban J connectivity index is 1.98. The van der Waals surface area contributed by atoms with Crippen LogP contribution >= 0.6 is 0 Å². The van der Waals surface area contributed by atoms with Gasteiger partial charge >= 0.3 is 6.03 Å². The van der Waals surface area contributed by atoms with Crippen molar-refractivity contribution in [1.82, 2.24) is 15.2 Å². The van der Waals surface area contributed by atoms with Crippen molar-refractivity contribution in [2.45, 2.75) is 12.5 Å². The monoisotopic (exact) mass is 221 g/mol. The van der Waals surface area contributed by atoms with Gasteiger partial charge in [0.05, 0.1) is 6.04 Å². The molecule has 1 fully saturated rings. The minimum absolute atomic E-state index is 0.0138. The summed E-state index contributed by atoms with van der Waals surface area (Å²) in [5, 5.41) is 11.6. The van der Waals surface area contributed by atoms with Crippen molar-refractivity contribution in [3.8, 4) is 0 Å². The van der Waals surface area contributed by atoms with Gasteiger partial charge in [0, 0.05) is 32.1 Å². The van der Waals surface area contributed by atoms with Crippen LogP contribution in [-0.4, -0.2) is 40.7 Å². The van der Waals surface area contributed by atoms with Crippen LogP contribution in [0.1, 0.15) is 18.0 Å². The average Bonchev–Trinajstić information content (AvgIpc) is 2.69. The van der Waals surface area contributed by atoms with Gasteiger partial charge in [-0.2, -0.15) is 0 Å². The number of amides is 2. The Morgan fingerprint density at radius 1 is 1.62 bits per heavy atom. The van der Waals surface area contributed by atoms with E-state index in [1.807, 2.05) is 12.1 Å². The lowest BCUT2D eigenvalue weighted by molar-refractivity contribution is 0.209. The lowest BCUT2D eigenvalue weighted by Crippen LogP contribution is -2.29. The molecule has 1 saturated heterocycles. The molecule has 2 N–H and O–H groups in total. The highest BCUT2D eigenvalue weighted by atomic mass is 16.3. The smallest absolute Gasteiger partial charge is 0.318 e. The molecule has 2 amide bonds. The number of aromatic nitrogens is 1. The molecule has 1 aliphatic rings. The summed E-state index contributed by atoms with van der Waals surface area (Å²) in [6.45, 7) is 1.35. The van der Waals surface area contributed by atoms with Crippen molar-refractivity contribution in [2.75, 3.05) is 19.7 Å². The Morgan fingerprint density at radius 3 is 3.19 bits per heavy atom. The van der Waals surface area contributed by atoms with Gasteiger partial charge in [0.1, 0.15) is 0 Å². The number of nitrogens with one attached hydrogen (secondary N) is 1. The molecule has 1 atom stereocenters. The van der Waals surface area contributed by atoms with E-state index >= 15 is 0 Å². The maximum absolute atomic E-state index is 11.6. The van der Waals surface area contributed by atoms with Crippen LogP contribution in [0.2, 0.25) is 0 Å². The molecule has 0 radical (unpaired) electrons. The summed E-state index contributed by atoms with van der Waals surface area (Å²) in [5.41, 5.74) is 1.02. The van der Waals surface area contributed by atoms with Crippen molar-refractivity contribution in [2.24, 2.45) is 0 Å². The Morgan fingerprint density at radius 2 is 2.50 bits per heavy atom. The third-order valence-electron chi connectivity index (χ3n) is 2.66. The standard InChI is InChI=1S/C11H15N3O2/c15-6-2-5-14-8-10(13-11(14)16)9-3-1-4-12-7-9/h1,3-4,7,10,15H,2,5-6,8H2,(H,13,16). The van der Waals surface area contributed by atoms with Gasteiger partial charge in [0.2, 0.25) is 0 Å². The van der Waals surface area contributed by atoms with Crippen LogP contribution in [0.25, 0.3) is 0 Å². The second kappa shape index (κ2) is 4.94. The van der Waals surface area contributed by atoms with Gasteiger partial charge in [-0.15, -0.1) is 0 Å². The van der Waals surface area contributed by atoms with E-state index in [0.717, 1.165) is 5.56 Å². The molecule has 0 spiro atoms. The highest BCUT2D eigenvalue weighted by molar-refractivity contribution is 5.77. The quantitative estimate of drug-likeness (QED) is 0.779. The molecule has 1 aliphatic heterocycles. The molecule has 2 heterocycles. The van der Waals surface area contributed by atoms with E-state index in [4.69, 9.17) is 5.11 Å². The van der Waals surface area contributed by atoms with Crippen LogP contribution < -0.4 is 5.32 Å². The van der Waals surface area contributed by atoms with Crippen LogP contribution in [0.4, 0.5) is 4.79 Å². The molecule has 2 rings (SSSR count). The maximum Gasteiger partial charge on any atom is 0.318 e. The van der Waals surface area contributed by atoms with Gasteiger partial charge in [-0.3, -0.25) is 4.98 Å². The van der Waals surface area contributed by atoms with E-state index in [1.54, 1.807) is 17.3 Å². The number of nitrogens with zero attached hydrogens (tertiary/aromatic N) is 2. The molecule has 86 valence electrons. The molecule has 0 bridgehead atoms. The average molecular weight is 221 g/mol. The molecule has 5 heteroatoms. The van der Waals surface area contributed by atoms with E-state index in [0.29, 0.717) is 19.5 Å². The molecule has 1 unspecified atom stereocenters. The van der Waals surface area contributed by atoms with Gasteiger partial charge in [-0.1, -0.05) is 6.07 Å². The van der Waals surface area contributed by atoms with Crippen molar-refractivity contribution in [3.63, 3.8) is 0 Å². The Bertz CT molecular complexity index is 356. The van der Waals surface area contributed by atoms with E-state index in [9.17, 15) is 4.79 Å². The van der Waals surface area contributed by atoms with Crippen LogP contribution in [0.15, 0.2) is 24.5 Å². The summed E-state index contributed by atoms with van der Waals surface area (Å²) in [7, 11) is 0. The third-order valence-corrected chi connectivity index (χ3v) is 2.66. The highest BCUT2D eigenvalue weighted by Crippen LogP contribution is 2.19. The van der Waals surface area contributed by atoms with Gasteiger partial charge in [-0.25, -0.2) is 4.79 Å². The zero-order chi connectivity index (χ0) is 11.4. The molecule has 0 aliphatic carbocycles. The second-order valence-electron chi connectivity index (χ2n) is 3.81. The first-order valence-corrected chi connectivity index (χ1v) is 5.37. The van der Waals surface area contributed by atoms with E-state index < -0.39 is 0 Å². The summed E-state index contributed by atoms with van der Waals surface area (Å²) >= 11 is 0. The topological polar surface area (TPSA) is 65.5 Å². The number of urea groups is 1. The van der Waals surface area contributed by atoms with Crippen LogP contribution in [0, 0.1) is 0 Å². The Hall–Kier alpha value is -1.62. The summed E-state index contributed by atoms with van der Waals surface area (Å²) in [4.78, 5) is 17.3. The number of carbonyl (C=O) groups is 1. The molecular weight excluding hydrogens is 206 g/mol. The van der Waals surface area contributed by atoms with Crippen molar-refractivity contribution < 1.29 is 9.90 Å². The van der Waals surface area contributed by atoms with E-state index in [1.165, 1.54) is 0 Å². The summed E-state index contributed by atoms with van der Waals surface area (Å²) in [6, 6.07) is 3.76.